The molecule has 0 spiro atoms. The predicted octanol–water partition coefficient (Wildman–Crippen LogP) is 6.25. The topological polar surface area (TPSA) is 57.8 Å². The van der Waals surface area contributed by atoms with Crippen molar-refractivity contribution in [3.05, 3.63) is 75.9 Å². The van der Waals surface area contributed by atoms with Gasteiger partial charge in [-0.05, 0) is 55.5 Å². The lowest BCUT2D eigenvalue weighted by Gasteiger charge is -2.29. The lowest BCUT2D eigenvalue weighted by Crippen LogP contribution is -2.41. The first-order valence-electron chi connectivity index (χ1n) is 11.2. The van der Waals surface area contributed by atoms with E-state index in [1.54, 1.807) is 6.08 Å². The maximum Gasteiger partial charge on any atom is 0.262 e. The second-order valence-electron chi connectivity index (χ2n) is 8.74. The van der Waals surface area contributed by atoms with Crippen LogP contribution in [-0.2, 0) is 11.3 Å². The molecule has 3 aromatic rings. The Morgan fingerprint density at radius 2 is 1.91 bits per heavy atom. The Labute approximate surface area is 194 Å². The van der Waals surface area contributed by atoms with Gasteiger partial charge in [-0.1, -0.05) is 61.7 Å². The molecule has 5 heteroatoms. The van der Waals surface area contributed by atoms with E-state index in [4.69, 9.17) is 11.6 Å². The summed E-state index contributed by atoms with van der Waals surface area (Å²) in [4.78, 5) is 12.9. The van der Waals surface area contributed by atoms with Crippen LogP contribution >= 0.6 is 11.6 Å². The van der Waals surface area contributed by atoms with Crippen molar-refractivity contribution in [2.45, 2.75) is 52.1 Å². The highest BCUT2D eigenvalue weighted by molar-refractivity contribution is 6.30. The molecule has 4 nitrogen and oxygen atoms in total. The Balaban J connectivity index is 1.69. The summed E-state index contributed by atoms with van der Waals surface area (Å²) in [6.07, 6.45) is 6.18. The summed E-state index contributed by atoms with van der Waals surface area (Å²) >= 11 is 6.04. The van der Waals surface area contributed by atoms with Crippen LogP contribution in [0.1, 0.15) is 49.4 Å². The first-order chi connectivity index (χ1) is 15.5. The molecular weight excluding hydrogens is 418 g/mol. The second-order valence-corrected chi connectivity index (χ2v) is 9.18. The summed E-state index contributed by atoms with van der Waals surface area (Å²) in [5.74, 6) is 0.163. The Hall–Kier alpha value is -3.03. The van der Waals surface area contributed by atoms with Crippen LogP contribution < -0.4 is 5.32 Å². The smallest absolute Gasteiger partial charge is 0.262 e. The number of hydrogen-bond donors (Lipinski definition) is 1. The van der Waals surface area contributed by atoms with Gasteiger partial charge >= 0.3 is 0 Å². The minimum absolute atomic E-state index is 0.139. The van der Waals surface area contributed by atoms with E-state index in [0.717, 1.165) is 47.0 Å². The fraction of sp³-hybridized carbons (Fsp3) is 0.333. The molecule has 164 valence electrons. The third kappa shape index (κ3) is 4.59. The summed E-state index contributed by atoms with van der Waals surface area (Å²) in [6, 6.07) is 18.2. The molecule has 2 atom stereocenters. The molecular formula is C27H28ClN3O. The molecule has 2 aromatic carbocycles. The van der Waals surface area contributed by atoms with Crippen molar-refractivity contribution in [1.82, 2.24) is 9.88 Å². The molecule has 1 aromatic heterocycles. The van der Waals surface area contributed by atoms with Crippen LogP contribution in [0.15, 0.2) is 54.1 Å². The molecule has 1 amide bonds. The minimum atomic E-state index is -0.278. The van der Waals surface area contributed by atoms with E-state index in [9.17, 15) is 10.1 Å². The molecule has 1 heterocycles. The maximum absolute atomic E-state index is 12.9. The highest BCUT2D eigenvalue weighted by Crippen LogP contribution is 2.29. The average Bonchev–Trinajstić information content (AvgIpc) is 3.06. The van der Waals surface area contributed by atoms with E-state index in [-0.39, 0.29) is 17.5 Å². The SMILES string of the molecule is Cc1c(/C=C(\C#N)C(=O)N[C@H]2CCCC[C@H]2C)c2ccccc2n1Cc1ccc(Cl)cc1. The van der Waals surface area contributed by atoms with Crippen LogP contribution in [0, 0.1) is 24.2 Å². The highest BCUT2D eigenvalue weighted by atomic mass is 35.5. The monoisotopic (exact) mass is 445 g/mol. The van der Waals surface area contributed by atoms with Gasteiger partial charge in [0.05, 0.1) is 0 Å². The number of fused-ring (bicyclic) bond motifs is 1. The molecule has 32 heavy (non-hydrogen) atoms. The third-order valence-corrected chi connectivity index (χ3v) is 6.87. The van der Waals surface area contributed by atoms with Crippen molar-refractivity contribution in [2.24, 2.45) is 5.92 Å². The maximum atomic E-state index is 12.9. The van der Waals surface area contributed by atoms with Crippen molar-refractivity contribution < 1.29 is 4.79 Å². The summed E-state index contributed by atoms with van der Waals surface area (Å²) in [5.41, 5.74) is 4.30. The van der Waals surface area contributed by atoms with Crippen LogP contribution in [0.4, 0.5) is 0 Å². The molecule has 1 aliphatic carbocycles. The molecule has 0 radical (unpaired) electrons. The number of hydrogen-bond acceptors (Lipinski definition) is 2. The summed E-state index contributed by atoms with van der Waals surface area (Å²) in [6.45, 7) is 4.90. The van der Waals surface area contributed by atoms with Gasteiger partial charge in [0, 0.05) is 39.8 Å². The predicted molar refractivity (Wildman–Crippen MR) is 130 cm³/mol. The number of carbonyl (C=O) groups is 1. The van der Waals surface area contributed by atoms with Crippen LogP contribution in [0.25, 0.3) is 17.0 Å². The van der Waals surface area contributed by atoms with Crippen LogP contribution in [0.2, 0.25) is 5.02 Å². The normalized spacial score (nSPS) is 19.0. The van der Waals surface area contributed by atoms with Gasteiger partial charge in [-0.25, -0.2) is 0 Å². The fourth-order valence-electron chi connectivity index (χ4n) is 4.69. The van der Waals surface area contributed by atoms with Crippen LogP contribution in [0.5, 0.6) is 0 Å². The molecule has 1 N–H and O–H groups in total. The van der Waals surface area contributed by atoms with E-state index < -0.39 is 0 Å². The van der Waals surface area contributed by atoms with Crippen molar-refractivity contribution in [1.29, 1.82) is 5.26 Å². The Morgan fingerprint density at radius 3 is 2.62 bits per heavy atom. The van der Waals surface area contributed by atoms with E-state index >= 15 is 0 Å². The summed E-state index contributed by atoms with van der Waals surface area (Å²) < 4.78 is 2.22. The molecule has 0 bridgehead atoms. The molecule has 1 aliphatic rings. The lowest BCUT2D eigenvalue weighted by molar-refractivity contribution is -0.118. The Morgan fingerprint density at radius 1 is 1.19 bits per heavy atom. The summed E-state index contributed by atoms with van der Waals surface area (Å²) in [7, 11) is 0. The van der Waals surface area contributed by atoms with Crippen LogP contribution in [-0.4, -0.2) is 16.5 Å². The van der Waals surface area contributed by atoms with Gasteiger partial charge in [0.1, 0.15) is 11.6 Å². The van der Waals surface area contributed by atoms with Gasteiger partial charge < -0.3 is 9.88 Å². The molecule has 4 rings (SSSR count). The van der Waals surface area contributed by atoms with Crippen molar-refractivity contribution >= 4 is 34.5 Å². The van der Waals surface area contributed by atoms with Gasteiger partial charge in [-0.15, -0.1) is 0 Å². The number of benzene rings is 2. The standard InChI is InChI=1S/C27H28ClN3O/c1-18-7-3-5-9-25(18)30-27(32)21(16-29)15-24-19(2)31(26-10-6-4-8-23(24)26)17-20-11-13-22(28)14-12-20/h4,6,8,10-15,18,25H,3,5,7,9,17H2,1-2H3,(H,30,32)/b21-15+/t18-,25+/m1/s1. The quantitative estimate of drug-likeness (QED) is 0.372. The first kappa shape index (κ1) is 22.2. The van der Waals surface area contributed by atoms with Gasteiger partial charge in [0.15, 0.2) is 0 Å². The zero-order chi connectivity index (χ0) is 22.7. The van der Waals surface area contributed by atoms with Gasteiger partial charge in [-0.2, -0.15) is 5.26 Å². The average molecular weight is 446 g/mol. The summed E-state index contributed by atoms with van der Waals surface area (Å²) in [5, 5.41) is 14.6. The molecule has 1 fully saturated rings. The van der Waals surface area contributed by atoms with Gasteiger partial charge in [0.2, 0.25) is 0 Å². The second kappa shape index (κ2) is 9.63. The number of rotatable bonds is 5. The van der Waals surface area contributed by atoms with Crippen molar-refractivity contribution in [2.75, 3.05) is 0 Å². The van der Waals surface area contributed by atoms with E-state index in [2.05, 4.69) is 28.9 Å². The minimum Gasteiger partial charge on any atom is -0.348 e. The number of halogens is 1. The zero-order valence-electron chi connectivity index (χ0n) is 18.6. The van der Waals surface area contributed by atoms with Gasteiger partial charge in [0.25, 0.3) is 5.91 Å². The van der Waals surface area contributed by atoms with Crippen LogP contribution in [0.3, 0.4) is 0 Å². The Kier molecular flexibility index (Phi) is 6.67. The van der Waals surface area contributed by atoms with E-state index in [0.29, 0.717) is 17.5 Å². The number of nitriles is 1. The Bertz CT molecular complexity index is 1200. The molecule has 0 aliphatic heterocycles. The third-order valence-electron chi connectivity index (χ3n) is 6.62. The largest absolute Gasteiger partial charge is 0.348 e. The zero-order valence-corrected chi connectivity index (χ0v) is 19.3. The number of aromatic nitrogens is 1. The van der Waals surface area contributed by atoms with Crippen molar-refractivity contribution in [3.8, 4) is 6.07 Å². The lowest BCUT2D eigenvalue weighted by atomic mass is 9.86. The molecule has 0 saturated heterocycles. The number of carbonyl (C=O) groups excluding carboxylic acids is 1. The number of nitrogens with zero attached hydrogens (tertiary/aromatic N) is 2. The molecule has 0 unspecified atom stereocenters. The van der Waals surface area contributed by atoms with E-state index in [1.165, 1.54) is 6.42 Å². The number of para-hydroxylation sites is 1. The highest BCUT2D eigenvalue weighted by Gasteiger charge is 2.24. The number of nitrogens with one attached hydrogen (secondary N) is 1. The molecule has 1 saturated carbocycles. The van der Waals surface area contributed by atoms with Gasteiger partial charge in [-0.3, -0.25) is 4.79 Å². The van der Waals surface area contributed by atoms with E-state index in [1.807, 2.05) is 49.4 Å². The van der Waals surface area contributed by atoms with Crippen molar-refractivity contribution in [3.63, 3.8) is 0 Å². The first-order valence-corrected chi connectivity index (χ1v) is 11.6. The fourth-order valence-corrected chi connectivity index (χ4v) is 4.81. The number of amides is 1.